The van der Waals surface area contributed by atoms with Gasteiger partial charge in [0.2, 0.25) is 11.8 Å². The first-order valence-corrected chi connectivity index (χ1v) is 7.25. The fourth-order valence-corrected chi connectivity index (χ4v) is 3.91. The molecule has 1 heterocycles. The Bertz CT molecular complexity index is 344. The SMILES string of the molecule is O=C1C2CCCCC2C(=O)N1C1CCCCC1O. The third-order valence-corrected chi connectivity index (χ3v) is 4.90. The van der Waals surface area contributed by atoms with Crippen molar-refractivity contribution in [1.29, 1.82) is 0 Å². The highest BCUT2D eigenvalue weighted by Crippen LogP contribution is 2.40. The Hall–Kier alpha value is -0.900. The van der Waals surface area contributed by atoms with Crippen LogP contribution in [-0.4, -0.2) is 34.0 Å². The van der Waals surface area contributed by atoms with E-state index in [0.29, 0.717) is 0 Å². The highest BCUT2D eigenvalue weighted by molar-refractivity contribution is 6.05. The average molecular weight is 251 g/mol. The largest absolute Gasteiger partial charge is 0.391 e. The summed E-state index contributed by atoms with van der Waals surface area (Å²) >= 11 is 0. The van der Waals surface area contributed by atoms with Crippen molar-refractivity contribution in [2.24, 2.45) is 11.8 Å². The van der Waals surface area contributed by atoms with E-state index >= 15 is 0 Å². The molecule has 0 bridgehead atoms. The molecular formula is C14H21NO3. The zero-order valence-electron chi connectivity index (χ0n) is 10.7. The molecule has 0 radical (unpaired) electrons. The lowest BCUT2D eigenvalue weighted by Crippen LogP contribution is -2.48. The first kappa shape index (κ1) is 12.2. The molecule has 3 rings (SSSR count). The normalized spacial score (nSPS) is 41.1. The number of rotatable bonds is 1. The summed E-state index contributed by atoms with van der Waals surface area (Å²) in [5.74, 6) is -0.174. The van der Waals surface area contributed by atoms with Crippen LogP contribution in [0.1, 0.15) is 51.4 Å². The number of carbonyl (C=O) groups is 2. The third-order valence-electron chi connectivity index (χ3n) is 4.90. The molecule has 3 fully saturated rings. The lowest BCUT2D eigenvalue weighted by molar-refractivity contribution is -0.146. The van der Waals surface area contributed by atoms with Crippen LogP contribution in [0.3, 0.4) is 0 Å². The van der Waals surface area contributed by atoms with Crippen molar-refractivity contribution in [2.45, 2.75) is 63.5 Å². The highest BCUT2D eigenvalue weighted by atomic mass is 16.3. The van der Waals surface area contributed by atoms with Crippen molar-refractivity contribution in [3.63, 3.8) is 0 Å². The van der Waals surface area contributed by atoms with Gasteiger partial charge in [-0.25, -0.2) is 0 Å². The number of hydrogen-bond acceptors (Lipinski definition) is 3. The van der Waals surface area contributed by atoms with Gasteiger partial charge >= 0.3 is 0 Å². The zero-order valence-corrected chi connectivity index (χ0v) is 10.7. The number of nitrogens with zero attached hydrogens (tertiary/aromatic N) is 1. The highest BCUT2D eigenvalue weighted by Gasteiger charge is 2.51. The monoisotopic (exact) mass is 251 g/mol. The van der Waals surface area contributed by atoms with Gasteiger partial charge in [0.1, 0.15) is 0 Å². The molecule has 4 atom stereocenters. The maximum atomic E-state index is 12.4. The van der Waals surface area contributed by atoms with Crippen LogP contribution >= 0.6 is 0 Å². The Labute approximate surface area is 107 Å². The minimum Gasteiger partial charge on any atom is -0.391 e. The summed E-state index contributed by atoms with van der Waals surface area (Å²) in [6.07, 6.45) is 6.82. The Morgan fingerprint density at radius 3 is 1.89 bits per heavy atom. The van der Waals surface area contributed by atoms with Crippen molar-refractivity contribution in [2.75, 3.05) is 0 Å². The summed E-state index contributed by atoms with van der Waals surface area (Å²) in [5, 5.41) is 10.1. The van der Waals surface area contributed by atoms with Crippen molar-refractivity contribution < 1.29 is 14.7 Å². The molecule has 18 heavy (non-hydrogen) atoms. The van der Waals surface area contributed by atoms with E-state index in [0.717, 1.165) is 51.4 Å². The van der Waals surface area contributed by atoms with Gasteiger partial charge in [0, 0.05) is 0 Å². The topological polar surface area (TPSA) is 57.6 Å². The fraction of sp³-hybridized carbons (Fsp3) is 0.857. The Morgan fingerprint density at radius 1 is 0.833 bits per heavy atom. The minimum absolute atomic E-state index is 0.00403. The molecule has 4 nitrogen and oxygen atoms in total. The molecule has 4 unspecified atom stereocenters. The number of hydrogen-bond donors (Lipinski definition) is 1. The van der Waals surface area contributed by atoms with E-state index in [1.54, 1.807) is 0 Å². The molecule has 0 aromatic heterocycles. The van der Waals surface area contributed by atoms with E-state index in [1.165, 1.54) is 4.90 Å². The van der Waals surface area contributed by atoms with Crippen LogP contribution in [-0.2, 0) is 9.59 Å². The zero-order chi connectivity index (χ0) is 12.7. The van der Waals surface area contributed by atoms with Crippen molar-refractivity contribution in [3.8, 4) is 0 Å². The molecule has 0 aromatic rings. The van der Waals surface area contributed by atoms with Gasteiger partial charge < -0.3 is 5.11 Å². The van der Waals surface area contributed by atoms with Crippen LogP contribution in [0.2, 0.25) is 0 Å². The van der Waals surface area contributed by atoms with E-state index in [4.69, 9.17) is 0 Å². The van der Waals surface area contributed by atoms with Gasteiger partial charge in [0.05, 0.1) is 24.0 Å². The standard InChI is InChI=1S/C14H21NO3/c16-12-8-4-3-7-11(12)15-13(17)9-5-1-2-6-10(9)14(15)18/h9-12,16H,1-8H2. The molecular weight excluding hydrogens is 230 g/mol. The number of aliphatic hydroxyl groups excluding tert-OH is 1. The number of carbonyl (C=O) groups excluding carboxylic acids is 2. The van der Waals surface area contributed by atoms with Gasteiger partial charge in [-0.1, -0.05) is 25.7 Å². The molecule has 4 heteroatoms. The van der Waals surface area contributed by atoms with E-state index < -0.39 is 6.10 Å². The van der Waals surface area contributed by atoms with Gasteiger partial charge in [-0.2, -0.15) is 0 Å². The van der Waals surface area contributed by atoms with Crippen LogP contribution in [0.4, 0.5) is 0 Å². The second kappa shape index (κ2) is 4.65. The van der Waals surface area contributed by atoms with Crippen LogP contribution in [0.15, 0.2) is 0 Å². The van der Waals surface area contributed by atoms with Crippen LogP contribution < -0.4 is 0 Å². The number of fused-ring (bicyclic) bond motifs is 1. The number of likely N-dealkylation sites (tertiary alicyclic amines) is 1. The third kappa shape index (κ3) is 1.78. The van der Waals surface area contributed by atoms with Gasteiger partial charge in [-0.05, 0) is 25.7 Å². The Balaban J connectivity index is 1.83. The molecule has 1 aliphatic heterocycles. The molecule has 3 aliphatic rings. The molecule has 2 amide bonds. The molecule has 2 saturated carbocycles. The molecule has 1 saturated heterocycles. The lowest BCUT2D eigenvalue weighted by atomic mass is 9.81. The predicted molar refractivity (Wildman–Crippen MR) is 65.6 cm³/mol. The molecule has 100 valence electrons. The van der Waals surface area contributed by atoms with Crippen LogP contribution in [0.5, 0.6) is 0 Å². The second-order valence-electron chi connectivity index (χ2n) is 5.96. The summed E-state index contributed by atoms with van der Waals surface area (Å²) in [4.78, 5) is 26.2. The summed E-state index contributed by atoms with van der Waals surface area (Å²) in [5.41, 5.74) is 0. The first-order valence-electron chi connectivity index (χ1n) is 7.25. The van der Waals surface area contributed by atoms with Crippen molar-refractivity contribution >= 4 is 11.8 Å². The molecule has 0 spiro atoms. The van der Waals surface area contributed by atoms with E-state index in [2.05, 4.69) is 0 Å². The van der Waals surface area contributed by atoms with Crippen LogP contribution in [0.25, 0.3) is 0 Å². The van der Waals surface area contributed by atoms with E-state index in [9.17, 15) is 14.7 Å². The summed E-state index contributed by atoms with van der Waals surface area (Å²) in [6, 6.07) is -0.246. The maximum Gasteiger partial charge on any atom is 0.233 e. The second-order valence-corrected chi connectivity index (χ2v) is 5.96. The summed E-state index contributed by atoms with van der Waals surface area (Å²) in [6.45, 7) is 0. The maximum absolute atomic E-state index is 12.4. The van der Waals surface area contributed by atoms with Crippen molar-refractivity contribution in [3.05, 3.63) is 0 Å². The lowest BCUT2D eigenvalue weighted by Gasteiger charge is -2.34. The smallest absolute Gasteiger partial charge is 0.233 e. The number of imide groups is 1. The van der Waals surface area contributed by atoms with Gasteiger partial charge in [0.15, 0.2) is 0 Å². The quantitative estimate of drug-likeness (QED) is 0.718. The van der Waals surface area contributed by atoms with E-state index in [1.807, 2.05) is 0 Å². The summed E-state index contributed by atoms with van der Waals surface area (Å²) in [7, 11) is 0. The average Bonchev–Trinajstić information content (AvgIpc) is 2.64. The van der Waals surface area contributed by atoms with E-state index in [-0.39, 0.29) is 29.7 Å². The molecule has 2 aliphatic carbocycles. The number of aliphatic hydroxyl groups is 1. The van der Waals surface area contributed by atoms with Gasteiger partial charge in [0.25, 0.3) is 0 Å². The van der Waals surface area contributed by atoms with Crippen LogP contribution in [0, 0.1) is 11.8 Å². The Morgan fingerprint density at radius 2 is 1.33 bits per heavy atom. The molecule has 0 aromatic carbocycles. The molecule has 1 N–H and O–H groups in total. The van der Waals surface area contributed by atoms with Gasteiger partial charge in [-0.15, -0.1) is 0 Å². The Kier molecular flexibility index (Phi) is 3.14. The number of amides is 2. The fourth-order valence-electron chi connectivity index (χ4n) is 3.91. The van der Waals surface area contributed by atoms with Gasteiger partial charge in [-0.3, -0.25) is 14.5 Å². The first-order chi connectivity index (χ1) is 8.70. The predicted octanol–water partition coefficient (Wildman–Crippen LogP) is 1.47. The minimum atomic E-state index is -0.508. The van der Waals surface area contributed by atoms with Crippen molar-refractivity contribution in [1.82, 2.24) is 4.90 Å². The summed E-state index contributed by atoms with van der Waals surface area (Å²) < 4.78 is 0.